The predicted octanol–water partition coefficient (Wildman–Crippen LogP) is -0.219. The molecule has 0 spiro atoms. The normalized spacial score (nSPS) is 14.4. The van der Waals surface area contributed by atoms with Gasteiger partial charge in [-0.3, -0.25) is 4.79 Å². The van der Waals surface area contributed by atoms with Crippen molar-refractivity contribution in [1.82, 2.24) is 0 Å². The Labute approximate surface area is 86.6 Å². The maximum atomic E-state index is 11.7. The van der Waals surface area contributed by atoms with Crippen LogP contribution in [0.15, 0.2) is 0 Å². The molecule has 16 heavy (non-hydrogen) atoms. The Hall–Kier alpha value is -1.36. The van der Waals surface area contributed by atoms with Crippen LogP contribution in [0.4, 0.5) is 13.2 Å². The molecule has 0 saturated heterocycles. The SMILES string of the molecule is O=C(O)C[C@@H](OS(=O)(=O)C(F)(F)F)C(=O)O. The van der Waals surface area contributed by atoms with Gasteiger partial charge in [-0.25, -0.2) is 8.98 Å². The average molecular weight is 266 g/mol. The molecule has 0 aliphatic carbocycles. The van der Waals surface area contributed by atoms with Gasteiger partial charge in [0.2, 0.25) is 0 Å². The second-order valence-corrected chi connectivity index (χ2v) is 3.98. The molecule has 0 aliphatic rings. The van der Waals surface area contributed by atoms with Crippen molar-refractivity contribution in [3.8, 4) is 0 Å². The van der Waals surface area contributed by atoms with Crippen LogP contribution in [-0.2, 0) is 23.9 Å². The summed E-state index contributed by atoms with van der Waals surface area (Å²) >= 11 is 0. The van der Waals surface area contributed by atoms with E-state index in [2.05, 4.69) is 4.18 Å². The zero-order chi connectivity index (χ0) is 13.1. The van der Waals surface area contributed by atoms with Gasteiger partial charge in [0, 0.05) is 0 Å². The number of aliphatic carboxylic acids is 2. The lowest BCUT2D eigenvalue weighted by Crippen LogP contribution is -2.35. The van der Waals surface area contributed by atoms with Crippen LogP contribution in [0.5, 0.6) is 0 Å². The molecule has 0 aromatic rings. The van der Waals surface area contributed by atoms with Crippen LogP contribution >= 0.6 is 0 Å². The van der Waals surface area contributed by atoms with Crippen LogP contribution in [0.25, 0.3) is 0 Å². The number of carboxylic acid groups (broad SMARTS) is 2. The summed E-state index contributed by atoms with van der Waals surface area (Å²) in [5.41, 5.74) is -5.81. The van der Waals surface area contributed by atoms with E-state index in [0.29, 0.717) is 0 Å². The van der Waals surface area contributed by atoms with Crippen LogP contribution in [0.3, 0.4) is 0 Å². The van der Waals surface area contributed by atoms with E-state index in [1.165, 1.54) is 0 Å². The number of rotatable bonds is 5. The lowest BCUT2D eigenvalue weighted by Gasteiger charge is -2.12. The average Bonchev–Trinajstić information content (AvgIpc) is 1.98. The molecule has 0 bridgehead atoms. The van der Waals surface area contributed by atoms with Crippen molar-refractivity contribution in [3.63, 3.8) is 0 Å². The second kappa shape index (κ2) is 4.65. The van der Waals surface area contributed by atoms with Crippen LogP contribution in [-0.4, -0.2) is 42.2 Å². The van der Waals surface area contributed by atoms with Crippen molar-refractivity contribution >= 4 is 22.1 Å². The zero-order valence-electron chi connectivity index (χ0n) is 7.26. The van der Waals surface area contributed by atoms with E-state index in [1.54, 1.807) is 0 Å². The molecule has 0 radical (unpaired) electrons. The molecule has 0 amide bonds. The van der Waals surface area contributed by atoms with Crippen molar-refractivity contribution < 1.29 is 45.6 Å². The summed E-state index contributed by atoms with van der Waals surface area (Å²) in [5, 5.41) is 16.3. The highest BCUT2D eigenvalue weighted by atomic mass is 32.2. The minimum Gasteiger partial charge on any atom is -0.481 e. The Morgan fingerprint density at radius 1 is 1.25 bits per heavy atom. The van der Waals surface area contributed by atoms with Crippen LogP contribution in [0, 0.1) is 0 Å². The molecule has 1 atom stereocenters. The van der Waals surface area contributed by atoms with E-state index < -0.39 is 40.1 Å². The van der Waals surface area contributed by atoms with Crippen molar-refractivity contribution in [2.75, 3.05) is 0 Å². The number of carbonyl (C=O) groups is 2. The quantitative estimate of drug-likeness (QED) is 0.521. The van der Waals surface area contributed by atoms with E-state index in [1.807, 2.05) is 0 Å². The van der Waals surface area contributed by atoms with E-state index >= 15 is 0 Å². The number of carboxylic acids is 2. The standard InChI is InChI=1S/C5H5F3O7S/c6-5(7,8)16(13,14)15-2(4(11)12)1-3(9)10/h2H,1H2,(H,9,10)(H,11,12)/t2-/m1/s1. The predicted molar refractivity (Wildman–Crippen MR) is 39.7 cm³/mol. The Balaban J connectivity index is 4.91. The van der Waals surface area contributed by atoms with Gasteiger partial charge in [0.05, 0.1) is 6.42 Å². The molecule has 2 N–H and O–H groups in total. The van der Waals surface area contributed by atoms with Crippen LogP contribution < -0.4 is 0 Å². The highest BCUT2D eigenvalue weighted by Gasteiger charge is 2.49. The zero-order valence-corrected chi connectivity index (χ0v) is 8.08. The number of halogens is 3. The molecule has 0 heterocycles. The highest BCUT2D eigenvalue weighted by Crippen LogP contribution is 2.26. The molecule has 94 valence electrons. The van der Waals surface area contributed by atoms with Gasteiger partial charge in [-0.05, 0) is 0 Å². The lowest BCUT2D eigenvalue weighted by molar-refractivity contribution is -0.152. The fourth-order valence-electron chi connectivity index (χ4n) is 0.529. The maximum Gasteiger partial charge on any atom is 0.523 e. The summed E-state index contributed by atoms with van der Waals surface area (Å²) in [6.07, 6.45) is -4.03. The molecule has 0 fully saturated rings. The molecule has 0 aromatic carbocycles. The molecule has 0 rings (SSSR count). The van der Waals surface area contributed by atoms with Gasteiger partial charge in [-0.15, -0.1) is 0 Å². The third-order valence-electron chi connectivity index (χ3n) is 1.16. The number of hydrogen-bond donors (Lipinski definition) is 2. The van der Waals surface area contributed by atoms with Gasteiger partial charge in [-0.2, -0.15) is 21.6 Å². The molecular weight excluding hydrogens is 261 g/mol. The fourth-order valence-corrected chi connectivity index (χ4v) is 1.09. The monoisotopic (exact) mass is 266 g/mol. The van der Waals surface area contributed by atoms with Crippen molar-refractivity contribution in [2.24, 2.45) is 0 Å². The highest BCUT2D eigenvalue weighted by molar-refractivity contribution is 7.87. The van der Waals surface area contributed by atoms with E-state index in [9.17, 15) is 31.2 Å². The summed E-state index contributed by atoms with van der Waals surface area (Å²) in [7, 11) is -6.13. The van der Waals surface area contributed by atoms with Gasteiger partial charge in [-0.1, -0.05) is 0 Å². The molecule has 0 aliphatic heterocycles. The first-order chi connectivity index (χ1) is 6.97. The number of alkyl halides is 3. The Bertz CT molecular complexity index is 383. The largest absolute Gasteiger partial charge is 0.523 e. The van der Waals surface area contributed by atoms with Crippen molar-refractivity contribution in [2.45, 2.75) is 18.0 Å². The van der Waals surface area contributed by atoms with Gasteiger partial charge in [0.1, 0.15) is 0 Å². The number of hydrogen-bond acceptors (Lipinski definition) is 5. The maximum absolute atomic E-state index is 11.7. The Kier molecular flexibility index (Phi) is 4.26. The van der Waals surface area contributed by atoms with Crippen LogP contribution in [0.2, 0.25) is 0 Å². The van der Waals surface area contributed by atoms with Gasteiger partial charge >= 0.3 is 27.6 Å². The topological polar surface area (TPSA) is 118 Å². The molecule has 0 saturated carbocycles. The first-order valence-electron chi connectivity index (χ1n) is 3.41. The molecule has 0 aromatic heterocycles. The van der Waals surface area contributed by atoms with Gasteiger partial charge < -0.3 is 10.2 Å². The van der Waals surface area contributed by atoms with Crippen LogP contribution in [0.1, 0.15) is 6.42 Å². The smallest absolute Gasteiger partial charge is 0.481 e. The first-order valence-corrected chi connectivity index (χ1v) is 4.82. The van der Waals surface area contributed by atoms with Gasteiger partial charge in [0.25, 0.3) is 0 Å². The third kappa shape index (κ3) is 4.02. The summed E-state index contributed by atoms with van der Waals surface area (Å²) in [6, 6.07) is 0. The lowest BCUT2D eigenvalue weighted by atomic mass is 10.3. The minimum absolute atomic E-state index is 1.41. The van der Waals surface area contributed by atoms with Gasteiger partial charge in [0.15, 0.2) is 6.10 Å². The molecule has 11 heteroatoms. The molecule has 7 nitrogen and oxygen atoms in total. The van der Waals surface area contributed by atoms with Crippen molar-refractivity contribution in [3.05, 3.63) is 0 Å². The second-order valence-electron chi connectivity index (χ2n) is 2.42. The first kappa shape index (κ1) is 14.6. The Morgan fingerprint density at radius 2 is 1.69 bits per heavy atom. The third-order valence-corrected chi connectivity index (χ3v) is 2.21. The van der Waals surface area contributed by atoms with E-state index in [0.717, 1.165) is 0 Å². The van der Waals surface area contributed by atoms with E-state index in [4.69, 9.17) is 10.2 Å². The van der Waals surface area contributed by atoms with Crippen molar-refractivity contribution in [1.29, 1.82) is 0 Å². The molecule has 0 unspecified atom stereocenters. The summed E-state index contributed by atoms with van der Waals surface area (Å²) in [6.45, 7) is 0. The fraction of sp³-hybridized carbons (Fsp3) is 0.600. The minimum atomic E-state index is -6.13. The Morgan fingerprint density at radius 3 is 1.94 bits per heavy atom. The summed E-state index contributed by atoms with van der Waals surface area (Å²) < 4.78 is 59.2. The summed E-state index contributed by atoms with van der Waals surface area (Å²) in [4.78, 5) is 20.2. The van der Waals surface area contributed by atoms with E-state index in [-0.39, 0.29) is 0 Å². The molecular formula is C5H5F3O7S. The summed E-state index contributed by atoms with van der Waals surface area (Å²) in [5.74, 6) is -3.94.